The van der Waals surface area contributed by atoms with Crippen LogP contribution in [0.15, 0.2) is 71.6 Å². The van der Waals surface area contributed by atoms with E-state index in [0.29, 0.717) is 5.75 Å². The molecule has 3 aromatic carbocycles. The maximum absolute atomic E-state index is 13.6. The maximum atomic E-state index is 13.6. The van der Waals surface area contributed by atoms with Crippen LogP contribution in [0, 0.1) is 27.6 Å². The van der Waals surface area contributed by atoms with Crippen LogP contribution in [0.1, 0.15) is 21.5 Å². The first-order valence-corrected chi connectivity index (χ1v) is 9.65. The molecule has 0 saturated carbocycles. The van der Waals surface area contributed by atoms with Crippen LogP contribution >= 0.6 is 11.8 Å². The summed E-state index contributed by atoms with van der Waals surface area (Å²) >= 11 is 1.13. The second kappa shape index (κ2) is 9.41. The summed E-state index contributed by atoms with van der Waals surface area (Å²) in [4.78, 5) is 23.3. The quantitative estimate of drug-likeness (QED) is 0.195. The van der Waals surface area contributed by atoms with E-state index in [1.807, 2.05) is 0 Å². The minimum atomic E-state index is -0.984. The number of Topliss-reactive ketones (excluding diaryl/α,β-unsaturated/α-hetero) is 1. The van der Waals surface area contributed by atoms with Crippen molar-refractivity contribution >= 4 is 29.3 Å². The molecular formula is C22H14F3NO3S. The van der Waals surface area contributed by atoms with Crippen molar-refractivity contribution in [3.05, 3.63) is 116 Å². The summed E-state index contributed by atoms with van der Waals surface area (Å²) < 4.78 is 39.9. The topological polar surface area (TPSA) is 60.2 Å². The lowest BCUT2D eigenvalue weighted by atomic mass is 10.1. The number of hydrogen-bond donors (Lipinski definition) is 0. The minimum Gasteiger partial charge on any atom is -0.288 e. The number of nitrogens with zero attached hydrogens (tertiary/aromatic N) is 1. The van der Waals surface area contributed by atoms with Crippen LogP contribution in [0.2, 0.25) is 0 Å². The van der Waals surface area contributed by atoms with Crippen molar-refractivity contribution in [1.29, 1.82) is 0 Å². The van der Waals surface area contributed by atoms with Crippen LogP contribution in [0.5, 0.6) is 0 Å². The second-order valence-electron chi connectivity index (χ2n) is 6.23. The summed E-state index contributed by atoms with van der Waals surface area (Å²) in [7, 11) is 0. The summed E-state index contributed by atoms with van der Waals surface area (Å²) in [6.45, 7) is 0. The summed E-state index contributed by atoms with van der Waals surface area (Å²) in [5.41, 5.74) is 0.538. The number of hydrogen-bond acceptors (Lipinski definition) is 4. The Morgan fingerprint density at radius 2 is 1.53 bits per heavy atom. The zero-order chi connectivity index (χ0) is 21.7. The van der Waals surface area contributed by atoms with Gasteiger partial charge in [-0.3, -0.25) is 14.9 Å². The van der Waals surface area contributed by atoms with Crippen molar-refractivity contribution in [2.75, 3.05) is 0 Å². The van der Waals surface area contributed by atoms with Gasteiger partial charge in [0.2, 0.25) is 5.82 Å². The van der Waals surface area contributed by atoms with E-state index >= 15 is 0 Å². The lowest BCUT2D eigenvalue weighted by Gasteiger charge is -2.08. The number of benzene rings is 3. The molecule has 0 aliphatic carbocycles. The first kappa shape index (κ1) is 21.3. The molecule has 3 aromatic rings. The lowest BCUT2D eigenvalue weighted by Crippen LogP contribution is -2.02. The Kier molecular flexibility index (Phi) is 6.68. The lowest BCUT2D eigenvalue weighted by molar-refractivity contribution is -0.387. The number of allylic oxidation sites excluding steroid dienone is 1. The number of ketones is 1. The molecular weight excluding hydrogens is 415 g/mol. The molecule has 0 fully saturated rings. The van der Waals surface area contributed by atoms with Crippen molar-refractivity contribution in [3.8, 4) is 0 Å². The fourth-order valence-corrected chi connectivity index (χ4v) is 3.55. The first-order chi connectivity index (χ1) is 14.3. The fourth-order valence-electron chi connectivity index (χ4n) is 2.57. The molecule has 0 amide bonds. The molecule has 0 spiro atoms. The number of nitro groups is 1. The molecule has 0 aromatic heterocycles. The predicted molar refractivity (Wildman–Crippen MR) is 109 cm³/mol. The number of thioether (sulfide) groups is 1. The zero-order valence-corrected chi connectivity index (χ0v) is 16.2. The Balaban J connectivity index is 1.95. The van der Waals surface area contributed by atoms with Gasteiger partial charge in [-0.15, -0.1) is 11.8 Å². The Labute approximate surface area is 174 Å². The maximum Gasteiger partial charge on any atom is 0.305 e. The molecule has 8 heteroatoms. The Hall–Kier alpha value is -3.39. The van der Waals surface area contributed by atoms with Crippen molar-refractivity contribution in [1.82, 2.24) is 0 Å². The van der Waals surface area contributed by atoms with Crippen molar-refractivity contribution in [2.24, 2.45) is 0 Å². The molecule has 0 heterocycles. The third kappa shape index (κ3) is 5.36. The molecule has 0 unspecified atom stereocenters. The van der Waals surface area contributed by atoms with Gasteiger partial charge in [0.1, 0.15) is 11.6 Å². The summed E-state index contributed by atoms with van der Waals surface area (Å²) in [6.07, 6.45) is 1.41. The third-order valence-corrected chi connectivity index (χ3v) is 5.19. The van der Waals surface area contributed by atoms with Gasteiger partial charge < -0.3 is 0 Å². The first-order valence-electron chi connectivity index (χ1n) is 8.66. The summed E-state index contributed by atoms with van der Waals surface area (Å²) in [5.74, 6) is -1.97. The van der Waals surface area contributed by atoms with E-state index in [9.17, 15) is 28.1 Å². The van der Waals surface area contributed by atoms with Gasteiger partial charge in [0.15, 0.2) is 5.78 Å². The molecule has 4 nitrogen and oxygen atoms in total. The standard InChI is InChI=1S/C22H14F3NO3S/c23-17-6-1-14(2-7-17)13-30-21(22(27)16-4-8-18(24)9-5-16)12-15-3-10-19(25)20(11-15)26(28)29/h1-12H,13H2. The van der Waals surface area contributed by atoms with Crippen molar-refractivity contribution in [2.45, 2.75) is 5.75 Å². The van der Waals surface area contributed by atoms with Gasteiger partial charge in [-0.1, -0.05) is 18.2 Å². The highest BCUT2D eigenvalue weighted by Gasteiger charge is 2.17. The largest absolute Gasteiger partial charge is 0.305 e. The highest BCUT2D eigenvalue weighted by molar-refractivity contribution is 8.03. The number of carbonyl (C=O) groups excluding carboxylic acids is 1. The van der Waals surface area contributed by atoms with Gasteiger partial charge in [-0.05, 0) is 59.7 Å². The predicted octanol–water partition coefficient (Wildman–Crippen LogP) is 6.17. The van der Waals surface area contributed by atoms with Crippen LogP contribution in [-0.4, -0.2) is 10.7 Å². The Morgan fingerprint density at radius 1 is 0.933 bits per heavy atom. The van der Waals surface area contributed by atoms with E-state index in [1.165, 1.54) is 36.4 Å². The van der Waals surface area contributed by atoms with Gasteiger partial charge in [0.25, 0.3) is 0 Å². The molecule has 0 aliphatic rings. The fraction of sp³-hybridized carbons (Fsp3) is 0.0455. The zero-order valence-electron chi connectivity index (χ0n) is 15.3. The summed E-state index contributed by atoms with van der Waals surface area (Å²) in [6, 6.07) is 14.0. The highest BCUT2D eigenvalue weighted by Crippen LogP contribution is 2.29. The average molecular weight is 429 g/mol. The smallest absolute Gasteiger partial charge is 0.288 e. The van der Waals surface area contributed by atoms with E-state index in [2.05, 4.69) is 0 Å². The Morgan fingerprint density at radius 3 is 2.13 bits per heavy atom. The highest BCUT2D eigenvalue weighted by atomic mass is 32.2. The van der Waals surface area contributed by atoms with E-state index in [0.717, 1.165) is 41.6 Å². The van der Waals surface area contributed by atoms with Crippen LogP contribution in [0.3, 0.4) is 0 Å². The van der Waals surface area contributed by atoms with E-state index in [4.69, 9.17) is 0 Å². The van der Waals surface area contributed by atoms with E-state index in [1.54, 1.807) is 12.1 Å². The van der Waals surface area contributed by atoms with Gasteiger partial charge >= 0.3 is 5.69 Å². The van der Waals surface area contributed by atoms with Crippen LogP contribution in [0.25, 0.3) is 6.08 Å². The molecule has 152 valence electrons. The van der Waals surface area contributed by atoms with Crippen LogP contribution in [-0.2, 0) is 5.75 Å². The second-order valence-corrected chi connectivity index (χ2v) is 7.24. The van der Waals surface area contributed by atoms with Crippen molar-refractivity contribution < 1.29 is 22.9 Å². The van der Waals surface area contributed by atoms with Gasteiger partial charge in [0.05, 0.1) is 9.83 Å². The van der Waals surface area contributed by atoms with Gasteiger partial charge in [0, 0.05) is 17.4 Å². The normalized spacial score (nSPS) is 11.4. The number of carbonyl (C=O) groups is 1. The number of nitro benzene ring substituents is 1. The molecule has 0 aliphatic heterocycles. The molecule has 0 radical (unpaired) electrons. The molecule has 30 heavy (non-hydrogen) atoms. The van der Waals surface area contributed by atoms with Crippen molar-refractivity contribution in [3.63, 3.8) is 0 Å². The van der Waals surface area contributed by atoms with Crippen LogP contribution in [0.4, 0.5) is 18.9 Å². The van der Waals surface area contributed by atoms with Gasteiger partial charge in [-0.2, -0.15) is 4.39 Å². The number of halogens is 3. The van der Waals surface area contributed by atoms with E-state index in [-0.39, 0.29) is 21.8 Å². The van der Waals surface area contributed by atoms with E-state index < -0.39 is 28.0 Å². The molecule has 0 saturated heterocycles. The SMILES string of the molecule is O=C(C(=Cc1ccc(F)c([N+](=O)[O-])c1)SCc1ccc(F)cc1)c1ccc(F)cc1. The summed E-state index contributed by atoms with van der Waals surface area (Å²) in [5, 5.41) is 11.0. The Bertz CT molecular complexity index is 1110. The molecule has 0 N–H and O–H groups in total. The molecule has 3 rings (SSSR count). The molecule has 0 atom stereocenters. The van der Waals surface area contributed by atoms with Crippen LogP contribution < -0.4 is 0 Å². The third-order valence-electron chi connectivity index (χ3n) is 4.10. The average Bonchev–Trinajstić information content (AvgIpc) is 2.73. The monoisotopic (exact) mass is 429 g/mol. The minimum absolute atomic E-state index is 0.215. The number of rotatable bonds is 7. The molecule has 0 bridgehead atoms. The van der Waals surface area contributed by atoms with Gasteiger partial charge in [-0.25, -0.2) is 8.78 Å².